The number of hydrogen-bond acceptors (Lipinski definition) is 4. The molecule has 0 spiro atoms. The molecule has 2 N–H and O–H groups in total. The number of urea groups is 1. The van der Waals surface area contributed by atoms with E-state index in [0.717, 1.165) is 21.2 Å². The van der Waals surface area contributed by atoms with Crippen LogP contribution in [-0.2, 0) is 21.7 Å². The van der Waals surface area contributed by atoms with E-state index in [1.54, 1.807) is 20.1 Å². The largest absolute Gasteiger partial charge is 0.496 e. The van der Waals surface area contributed by atoms with Gasteiger partial charge in [0.25, 0.3) is 5.91 Å². The Morgan fingerprint density at radius 2 is 1.74 bits per heavy atom. The van der Waals surface area contributed by atoms with Crippen molar-refractivity contribution in [2.24, 2.45) is 0 Å². The van der Waals surface area contributed by atoms with Crippen LogP contribution in [0.15, 0.2) is 66.7 Å². The first-order valence-electron chi connectivity index (χ1n) is 9.95. The van der Waals surface area contributed by atoms with Gasteiger partial charge in [-0.3, -0.25) is 14.5 Å². The second-order valence-corrected chi connectivity index (χ2v) is 7.56. The molecule has 1 aliphatic rings. The summed E-state index contributed by atoms with van der Waals surface area (Å²) in [6.45, 7) is 1.54. The molecule has 1 heterocycles. The Kier molecular flexibility index (Phi) is 5.33. The third-order valence-corrected chi connectivity index (χ3v) is 5.57. The Morgan fingerprint density at radius 3 is 2.55 bits per heavy atom. The molecule has 1 fully saturated rings. The number of nitrogens with one attached hydrogen (secondary N) is 2. The van der Waals surface area contributed by atoms with Crippen LogP contribution in [0.5, 0.6) is 5.75 Å². The number of imide groups is 1. The van der Waals surface area contributed by atoms with Crippen molar-refractivity contribution in [2.75, 3.05) is 13.7 Å². The molecular formula is C24H23N3O4. The molecule has 1 saturated heterocycles. The van der Waals surface area contributed by atoms with Crippen LogP contribution in [0.1, 0.15) is 18.1 Å². The molecule has 4 amide bonds. The summed E-state index contributed by atoms with van der Waals surface area (Å²) in [7, 11) is 1.56. The Morgan fingerprint density at radius 1 is 1.03 bits per heavy atom. The van der Waals surface area contributed by atoms with E-state index in [1.807, 2.05) is 60.7 Å². The zero-order valence-corrected chi connectivity index (χ0v) is 17.3. The van der Waals surface area contributed by atoms with Gasteiger partial charge in [0.2, 0.25) is 5.91 Å². The molecule has 0 radical (unpaired) electrons. The van der Waals surface area contributed by atoms with Gasteiger partial charge in [-0.25, -0.2) is 4.79 Å². The quantitative estimate of drug-likeness (QED) is 0.604. The molecule has 3 aromatic rings. The fourth-order valence-electron chi connectivity index (χ4n) is 3.93. The smallest absolute Gasteiger partial charge is 0.325 e. The van der Waals surface area contributed by atoms with Crippen molar-refractivity contribution in [3.05, 3.63) is 77.9 Å². The number of hydrogen-bond donors (Lipinski definition) is 2. The Hall–Kier alpha value is -3.87. The maximum Gasteiger partial charge on any atom is 0.325 e. The lowest BCUT2D eigenvalue weighted by molar-refractivity contribution is -0.134. The lowest BCUT2D eigenvalue weighted by Gasteiger charge is -2.24. The summed E-state index contributed by atoms with van der Waals surface area (Å²) < 4.78 is 5.28. The van der Waals surface area contributed by atoms with Crippen LogP contribution in [0.25, 0.3) is 10.8 Å². The minimum atomic E-state index is -1.25. The van der Waals surface area contributed by atoms with Gasteiger partial charge in [0.05, 0.1) is 7.11 Å². The SMILES string of the molecule is COc1ccccc1CNC(=O)CN1C(=O)N[C@](C)(c2cccc3ccccc23)C1=O. The number of nitrogens with zero attached hydrogens (tertiary/aromatic N) is 1. The van der Waals surface area contributed by atoms with E-state index in [0.29, 0.717) is 11.3 Å². The number of amides is 4. The van der Waals surface area contributed by atoms with Crippen molar-refractivity contribution >= 4 is 28.6 Å². The Balaban J connectivity index is 1.51. The second kappa shape index (κ2) is 8.10. The van der Waals surface area contributed by atoms with Gasteiger partial charge in [0.15, 0.2) is 0 Å². The second-order valence-electron chi connectivity index (χ2n) is 7.56. The zero-order chi connectivity index (χ0) is 22.0. The molecule has 1 atom stereocenters. The summed E-state index contributed by atoms with van der Waals surface area (Å²) in [5.41, 5.74) is 0.248. The van der Waals surface area contributed by atoms with Gasteiger partial charge in [-0.2, -0.15) is 0 Å². The minimum absolute atomic E-state index is 0.229. The van der Waals surface area contributed by atoms with Crippen LogP contribution in [0, 0.1) is 0 Å². The van der Waals surface area contributed by atoms with E-state index < -0.39 is 23.4 Å². The average Bonchev–Trinajstić information content (AvgIpc) is 3.01. The summed E-state index contributed by atoms with van der Waals surface area (Å²) in [5.74, 6) is -0.237. The van der Waals surface area contributed by atoms with Crippen molar-refractivity contribution in [3.8, 4) is 5.75 Å². The molecule has 7 heteroatoms. The third kappa shape index (κ3) is 3.70. The van der Waals surface area contributed by atoms with E-state index in [9.17, 15) is 14.4 Å². The van der Waals surface area contributed by atoms with Crippen molar-refractivity contribution in [3.63, 3.8) is 0 Å². The first-order valence-corrected chi connectivity index (χ1v) is 9.95. The topological polar surface area (TPSA) is 87.7 Å². The Bertz CT molecular complexity index is 1170. The van der Waals surface area contributed by atoms with Gasteiger partial charge in [0, 0.05) is 12.1 Å². The zero-order valence-electron chi connectivity index (χ0n) is 17.3. The van der Waals surface area contributed by atoms with Crippen LogP contribution in [-0.4, -0.2) is 36.4 Å². The maximum absolute atomic E-state index is 13.2. The molecule has 3 aromatic carbocycles. The van der Waals surface area contributed by atoms with E-state index in [1.165, 1.54) is 0 Å². The van der Waals surface area contributed by atoms with Crippen molar-refractivity contribution < 1.29 is 19.1 Å². The standard InChI is InChI=1S/C24H23N3O4/c1-24(19-12-7-10-16-8-3-5-11-18(16)19)22(29)27(23(30)26-24)15-21(28)25-14-17-9-4-6-13-20(17)31-2/h3-13H,14-15H2,1-2H3,(H,25,28)(H,26,30)/t24-/m1/s1. The summed E-state index contributed by atoms with van der Waals surface area (Å²) in [5, 5.41) is 7.37. The predicted octanol–water partition coefficient (Wildman–Crippen LogP) is 2.93. The summed E-state index contributed by atoms with van der Waals surface area (Å²) in [6.07, 6.45) is 0. The molecular weight excluding hydrogens is 394 g/mol. The number of methoxy groups -OCH3 is 1. The number of fused-ring (bicyclic) bond motifs is 1. The van der Waals surface area contributed by atoms with Crippen molar-refractivity contribution in [2.45, 2.75) is 19.0 Å². The minimum Gasteiger partial charge on any atom is -0.496 e. The molecule has 0 unspecified atom stereocenters. The van der Waals surface area contributed by atoms with E-state index >= 15 is 0 Å². The molecule has 158 valence electrons. The highest BCUT2D eigenvalue weighted by molar-refractivity contribution is 6.10. The van der Waals surface area contributed by atoms with Crippen molar-refractivity contribution in [1.29, 1.82) is 0 Å². The van der Waals surface area contributed by atoms with Crippen LogP contribution in [0.3, 0.4) is 0 Å². The highest BCUT2D eigenvalue weighted by atomic mass is 16.5. The summed E-state index contributed by atoms with van der Waals surface area (Å²) in [6, 6.07) is 20.0. The normalized spacial score (nSPS) is 18.2. The molecule has 0 bridgehead atoms. The molecule has 0 aliphatic carbocycles. The monoisotopic (exact) mass is 417 g/mol. The number of benzene rings is 3. The van der Waals surface area contributed by atoms with Crippen molar-refractivity contribution in [1.82, 2.24) is 15.5 Å². The lowest BCUT2D eigenvalue weighted by Crippen LogP contribution is -2.43. The lowest BCUT2D eigenvalue weighted by atomic mass is 9.88. The molecule has 1 aliphatic heterocycles. The van der Waals surface area contributed by atoms with Gasteiger partial charge < -0.3 is 15.4 Å². The predicted molar refractivity (Wildman–Crippen MR) is 116 cm³/mol. The van der Waals surface area contributed by atoms with Gasteiger partial charge >= 0.3 is 6.03 Å². The number of carbonyl (C=O) groups is 3. The van der Waals surface area contributed by atoms with Crippen LogP contribution < -0.4 is 15.4 Å². The van der Waals surface area contributed by atoms with E-state index in [2.05, 4.69) is 10.6 Å². The number of rotatable bonds is 6. The van der Waals surface area contributed by atoms with Gasteiger partial charge in [-0.15, -0.1) is 0 Å². The average molecular weight is 417 g/mol. The van der Waals surface area contributed by atoms with Gasteiger partial charge in [-0.05, 0) is 29.3 Å². The van der Waals surface area contributed by atoms with E-state index in [-0.39, 0.29) is 13.1 Å². The van der Waals surface area contributed by atoms with Gasteiger partial charge in [-0.1, -0.05) is 60.7 Å². The van der Waals surface area contributed by atoms with Crippen LogP contribution in [0.4, 0.5) is 4.79 Å². The number of para-hydroxylation sites is 1. The Labute approximate surface area is 180 Å². The fourth-order valence-corrected chi connectivity index (χ4v) is 3.93. The first kappa shape index (κ1) is 20.4. The molecule has 31 heavy (non-hydrogen) atoms. The molecule has 0 saturated carbocycles. The first-order chi connectivity index (χ1) is 14.9. The maximum atomic E-state index is 13.2. The van der Waals surface area contributed by atoms with Gasteiger partial charge in [0.1, 0.15) is 17.8 Å². The summed E-state index contributed by atoms with van der Waals surface area (Å²) in [4.78, 5) is 39.3. The van der Waals surface area contributed by atoms with Crippen LogP contribution >= 0.6 is 0 Å². The number of carbonyl (C=O) groups excluding carboxylic acids is 3. The molecule has 7 nitrogen and oxygen atoms in total. The van der Waals surface area contributed by atoms with Crippen LogP contribution in [0.2, 0.25) is 0 Å². The molecule has 0 aromatic heterocycles. The number of ether oxygens (including phenoxy) is 1. The van der Waals surface area contributed by atoms with E-state index in [4.69, 9.17) is 4.74 Å². The summed E-state index contributed by atoms with van der Waals surface area (Å²) >= 11 is 0. The molecule has 4 rings (SSSR count). The third-order valence-electron chi connectivity index (χ3n) is 5.57. The highest BCUT2D eigenvalue weighted by Gasteiger charge is 2.50. The highest BCUT2D eigenvalue weighted by Crippen LogP contribution is 2.33. The fraction of sp³-hybridized carbons (Fsp3) is 0.208.